The third kappa shape index (κ3) is 2.60. The van der Waals surface area contributed by atoms with E-state index in [0.717, 1.165) is 19.5 Å². The average Bonchev–Trinajstić information content (AvgIpc) is 2.72. The molecule has 1 aliphatic rings. The van der Waals surface area contributed by atoms with Crippen LogP contribution in [0.3, 0.4) is 0 Å². The van der Waals surface area contributed by atoms with Gasteiger partial charge in [-0.05, 0) is 24.5 Å². The number of amides is 2. The Bertz CT molecular complexity index is 386. The van der Waals surface area contributed by atoms with Crippen LogP contribution in [-0.2, 0) is 6.42 Å². The van der Waals surface area contributed by atoms with Gasteiger partial charge in [0.25, 0.3) is 0 Å². The average molecular weight is 232 g/mol. The zero-order valence-electron chi connectivity index (χ0n) is 10.6. The van der Waals surface area contributed by atoms with Gasteiger partial charge in [0.15, 0.2) is 0 Å². The molecule has 0 radical (unpaired) electrons. The van der Waals surface area contributed by atoms with Gasteiger partial charge < -0.3 is 10.2 Å². The number of nitrogens with one attached hydrogen (secondary N) is 1. The van der Waals surface area contributed by atoms with E-state index in [-0.39, 0.29) is 12.1 Å². The molecule has 0 saturated carbocycles. The van der Waals surface area contributed by atoms with Crippen LogP contribution >= 0.6 is 0 Å². The van der Waals surface area contributed by atoms with Crippen LogP contribution in [0.1, 0.15) is 37.4 Å². The molecule has 0 bridgehead atoms. The highest BCUT2D eigenvalue weighted by Crippen LogP contribution is 2.20. The summed E-state index contributed by atoms with van der Waals surface area (Å²) in [7, 11) is 0. The van der Waals surface area contributed by atoms with E-state index in [1.54, 1.807) is 0 Å². The summed E-state index contributed by atoms with van der Waals surface area (Å²) in [5, 5.41) is 3.01. The molecule has 3 heteroatoms. The fraction of sp³-hybridized carbons (Fsp3) is 0.500. The van der Waals surface area contributed by atoms with Crippen LogP contribution in [0.4, 0.5) is 4.79 Å². The van der Waals surface area contributed by atoms with Gasteiger partial charge in [0.1, 0.15) is 0 Å². The number of hydrogen-bond acceptors (Lipinski definition) is 1. The molecule has 1 aliphatic heterocycles. The third-order valence-corrected chi connectivity index (χ3v) is 3.29. The maximum atomic E-state index is 11.6. The van der Waals surface area contributed by atoms with Gasteiger partial charge in [-0.3, -0.25) is 0 Å². The molecule has 17 heavy (non-hydrogen) atoms. The second-order valence-electron chi connectivity index (χ2n) is 4.53. The van der Waals surface area contributed by atoms with E-state index in [4.69, 9.17) is 0 Å². The van der Waals surface area contributed by atoms with Gasteiger partial charge in [-0.15, -0.1) is 0 Å². The molecule has 0 aliphatic carbocycles. The topological polar surface area (TPSA) is 32.3 Å². The molecular formula is C14H20N2O. The van der Waals surface area contributed by atoms with Gasteiger partial charge in [-0.2, -0.15) is 0 Å². The van der Waals surface area contributed by atoms with Crippen molar-refractivity contribution in [2.75, 3.05) is 13.1 Å². The molecule has 1 fully saturated rings. The predicted molar refractivity (Wildman–Crippen MR) is 69.0 cm³/mol. The van der Waals surface area contributed by atoms with Crippen molar-refractivity contribution < 1.29 is 4.79 Å². The molecule has 1 aromatic rings. The first-order chi connectivity index (χ1) is 8.24. The number of rotatable bonds is 4. The predicted octanol–water partition coefficient (Wildman–Crippen LogP) is 2.73. The summed E-state index contributed by atoms with van der Waals surface area (Å²) in [4.78, 5) is 13.4. The van der Waals surface area contributed by atoms with Crippen molar-refractivity contribution in [1.82, 2.24) is 10.2 Å². The monoisotopic (exact) mass is 232 g/mol. The molecule has 1 heterocycles. The number of nitrogens with zero attached hydrogens (tertiary/aromatic N) is 1. The minimum absolute atomic E-state index is 0.0511. The van der Waals surface area contributed by atoms with Gasteiger partial charge >= 0.3 is 6.03 Å². The number of likely N-dealkylation sites (N-methyl/N-ethyl adjacent to an activating group) is 1. The van der Waals surface area contributed by atoms with Crippen LogP contribution < -0.4 is 5.32 Å². The normalized spacial score (nSPS) is 19.5. The molecule has 1 aromatic carbocycles. The van der Waals surface area contributed by atoms with Crippen molar-refractivity contribution in [2.45, 2.75) is 32.7 Å². The maximum absolute atomic E-state index is 11.6. The van der Waals surface area contributed by atoms with Crippen LogP contribution in [0.2, 0.25) is 0 Å². The number of aryl methyl sites for hydroxylation is 1. The molecule has 2 amide bonds. The SMILES string of the molecule is CCCc1ccc(C2CN(CC)C(=O)N2)cc1. The molecule has 92 valence electrons. The van der Waals surface area contributed by atoms with Gasteiger partial charge in [0, 0.05) is 13.1 Å². The molecule has 1 atom stereocenters. The van der Waals surface area contributed by atoms with Crippen LogP contribution in [0, 0.1) is 0 Å². The highest BCUT2D eigenvalue weighted by atomic mass is 16.2. The van der Waals surface area contributed by atoms with Crippen LogP contribution in [0.5, 0.6) is 0 Å². The van der Waals surface area contributed by atoms with Crippen LogP contribution in [0.15, 0.2) is 24.3 Å². The smallest absolute Gasteiger partial charge is 0.318 e. The standard InChI is InChI=1S/C14H20N2O/c1-3-5-11-6-8-12(9-7-11)13-10-16(4-2)14(17)15-13/h6-9,13H,3-5,10H2,1-2H3,(H,15,17). The lowest BCUT2D eigenvalue weighted by Gasteiger charge is -2.12. The zero-order chi connectivity index (χ0) is 12.3. The van der Waals surface area contributed by atoms with Crippen molar-refractivity contribution in [3.05, 3.63) is 35.4 Å². The second-order valence-corrected chi connectivity index (χ2v) is 4.53. The van der Waals surface area contributed by atoms with E-state index in [2.05, 4.69) is 36.5 Å². The first-order valence-corrected chi connectivity index (χ1v) is 6.38. The summed E-state index contributed by atoms with van der Waals surface area (Å²) >= 11 is 0. The van der Waals surface area contributed by atoms with Gasteiger partial charge in [0.2, 0.25) is 0 Å². The maximum Gasteiger partial charge on any atom is 0.318 e. The van der Waals surface area contributed by atoms with Crippen LogP contribution in [0.25, 0.3) is 0 Å². The Morgan fingerprint density at radius 2 is 2.00 bits per heavy atom. The molecule has 0 aromatic heterocycles. The van der Waals surface area contributed by atoms with Crippen molar-refractivity contribution in [2.24, 2.45) is 0 Å². The number of carbonyl (C=O) groups is 1. The zero-order valence-corrected chi connectivity index (χ0v) is 10.6. The number of benzene rings is 1. The summed E-state index contributed by atoms with van der Waals surface area (Å²) in [5.74, 6) is 0. The quantitative estimate of drug-likeness (QED) is 0.850. The van der Waals surface area contributed by atoms with Gasteiger partial charge in [-0.25, -0.2) is 4.79 Å². The largest absolute Gasteiger partial charge is 0.329 e. The van der Waals surface area contributed by atoms with Gasteiger partial charge in [-0.1, -0.05) is 37.6 Å². The molecule has 1 saturated heterocycles. The summed E-state index contributed by atoms with van der Waals surface area (Å²) in [5.41, 5.74) is 2.57. The summed E-state index contributed by atoms with van der Waals surface area (Å²) in [6.07, 6.45) is 2.29. The second kappa shape index (κ2) is 5.21. The minimum Gasteiger partial charge on any atom is -0.329 e. The number of hydrogen-bond donors (Lipinski definition) is 1. The minimum atomic E-state index is 0.0511. The Morgan fingerprint density at radius 1 is 1.29 bits per heavy atom. The van der Waals surface area contributed by atoms with Crippen molar-refractivity contribution in [3.8, 4) is 0 Å². The van der Waals surface area contributed by atoms with E-state index < -0.39 is 0 Å². The van der Waals surface area contributed by atoms with Crippen molar-refractivity contribution in [1.29, 1.82) is 0 Å². The fourth-order valence-corrected chi connectivity index (χ4v) is 2.26. The van der Waals surface area contributed by atoms with Crippen molar-refractivity contribution in [3.63, 3.8) is 0 Å². The van der Waals surface area contributed by atoms with E-state index in [1.807, 2.05) is 11.8 Å². The molecule has 1 unspecified atom stereocenters. The van der Waals surface area contributed by atoms with E-state index in [1.165, 1.54) is 17.5 Å². The highest BCUT2D eigenvalue weighted by molar-refractivity contribution is 5.77. The lowest BCUT2D eigenvalue weighted by Crippen LogP contribution is -2.27. The Hall–Kier alpha value is -1.51. The summed E-state index contributed by atoms with van der Waals surface area (Å²) in [6, 6.07) is 8.80. The molecule has 1 N–H and O–H groups in total. The first kappa shape index (κ1) is 12.0. The Balaban J connectivity index is 2.06. The number of carbonyl (C=O) groups excluding carboxylic acids is 1. The lowest BCUT2D eigenvalue weighted by atomic mass is 10.0. The fourth-order valence-electron chi connectivity index (χ4n) is 2.26. The highest BCUT2D eigenvalue weighted by Gasteiger charge is 2.28. The van der Waals surface area contributed by atoms with E-state index in [9.17, 15) is 4.79 Å². The molecule has 0 spiro atoms. The van der Waals surface area contributed by atoms with E-state index in [0.29, 0.717) is 0 Å². The molecule has 2 rings (SSSR count). The molecule has 3 nitrogen and oxygen atoms in total. The summed E-state index contributed by atoms with van der Waals surface area (Å²) in [6.45, 7) is 5.75. The van der Waals surface area contributed by atoms with Crippen LogP contribution in [-0.4, -0.2) is 24.0 Å². The van der Waals surface area contributed by atoms with E-state index >= 15 is 0 Å². The Morgan fingerprint density at radius 3 is 2.53 bits per heavy atom. The van der Waals surface area contributed by atoms with Crippen molar-refractivity contribution >= 4 is 6.03 Å². The van der Waals surface area contributed by atoms with Gasteiger partial charge in [0.05, 0.1) is 6.04 Å². The Kier molecular flexibility index (Phi) is 3.67. The first-order valence-electron chi connectivity index (χ1n) is 6.38. The third-order valence-electron chi connectivity index (χ3n) is 3.29. The Labute approximate surface area is 103 Å². The summed E-state index contributed by atoms with van der Waals surface area (Å²) < 4.78 is 0. The lowest BCUT2D eigenvalue weighted by molar-refractivity contribution is 0.219. The molecular weight excluding hydrogens is 212 g/mol. The number of urea groups is 1.